The minimum absolute atomic E-state index is 0.254. The Balaban J connectivity index is 2.51. The highest BCUT2D eigenvalue weighted by molar-refractivity contribution is 5.65. The van der Waals surface area contributed by atoms with Crippen molar-refractivity contribution in [2.24, 2.45) is 0 Å². The summed E-state index contributed by atoms with van der Waals surface area (Å²) in [6.45, 7) is 6.49. The maximum Gasteiger partial charge on any atom is 0.145 e. The van der Waals surface area contributed by atoms with Crippen LogP contribution >= 0.6 is 0 Å². The molecule has 94 valence electrons. The molecule has 2 aromatic rings. The molecule has 0 radical (unpaired) electrons. The lowest BCUT2D eigenvalue weighted by molar-refractivity contribution is 0.628. The van der Waals surface area contributed by atoms with Gasteiger partial charge < -0.3 is 5.32 Å². The molecule has 0 spiro atoms. The lowest BCUT2D eigenvalue weighted by Crippen LogP contribution is -2.02. The van der Waals surface area contributed by atoms with Gasteiger partial charge in [-0.05, 0) is 38.0 Å². The van der Waals surface area contributed by atoms with Crippen LogP contribution in [0.25, 0.3) is 11.3 Å². The molecule has 0 saturated heterocycles. The van der Waals surface area contributed by atoms with E-state index in [0.29, 0.717) is 17.1 Å². The van der Waals surface area contributed by atoms with Crippen LogP contribution < -0.4 is 5.32 Å². The Morgan fingerprint density at radius 2 is 2.00 bits per heavy atom. The molecule has 0 fully saturated rings. The van der Waals surface area contributed by atoms with Crippen LogP contribution in [-0.2, 0) is 0 Å². The van der Waals surface area contributed by atoms with Gasteiger partial charge in [0, 0.05) is 12.1 Å². The molecule has 0 bridgehead atoms. The Morgan fingerprint density at radius 3 is 2.67 bits per heavy atom. The first-order chi connectivity index (χ1) is 8.61. The predicted octanol–water partition coefficient (Wildman–Crippen LogP) is 3.33. The number of benzene rings is 1. The van der Waals surface area contributed by atoms with E-state index in [1.165, 1.54) is 6.07 Å². The number of hydrogen-bond donors (Lipinski definition) is 1. The average Bonchev–Trinajstić information content (AvgIpc) is 2.28. The van der Waals surface area contributed by atoms with Gasteiger partial charge in [-0.15, -0.1) is 0 Å². The van der Waals surface area contributed by atoms with Crippen molar-refractivity contribution in [1.29, 1.82) is 0 Å². The van der Waals surface area contributed by atoms with Crippen LogP contribution in [0.3, 0.4) is 0 Å². The third-order valence-electron chi connectivity index (χ3n) is 2.68. The lowest BCUT2D eigenvalue weighted by Gasteiger charge is -2.09. The summed E-state index contributed by atoms with van der Waals surface area (Å²) in [5.41, 5.74) is 2.86. The molecule has 0 unspecified atom stereocenters. The van der Waals surface area contributed by atoms with Crippen LogP contribution in [0.4, 0.5) is 10.2 Å². The van der Waals surface area contributed by atoms with E-state index in [4.69, 9.17) is 0 Å². The largest absolute Gasteiger partial charge is 0.369 e. The van der Waals surface area contributed by atoms with Crippen LogP contribution in [0.15, 0.2) is 24.5 Å². The van der Waals surface area contributed by atoms with Crippen LogP contribution in [0.1, 0.15) is 18.1 Å². The zero-order chi connectivity index (χ0) is 13.1. The topological polar surface area (TPSA) is 37.8 Å². The fraction of sp³-hybridized carbons (Fsp3) is 0.286. The van der Waals surface area contributed by atoms with Crippen LogP contribution in [-0.4, -0.2) is 16.5 Å². The van der Waals surface area contributed by atoms with Crippen LogP contribution in [0, 0.1) is 19.7 Å². The maximum atomic E-state index is 14.0. The first-order valence-corrected chi connectivity index (χ1v) is 5.95. The minimum atomic E-state index is -0.254. The van der Waals surface area contributed by atoms with Crippen molar-refractivity contribution in [2.45, 2.75) is 20.8 Å². The molecule has 1 aromatic heterocycles. The smallest absolute Gasteiger partial charge is 0.145 e. The molecule has 0 amide bonds. The monoisotopic (exact) mass is 245 g/mol. The molecule has 0 aliphatic heterocycles. The summed E-state index contributed by atoms with van der Waals surface area (Å²) in [6, 6.07) is 3.46. The number of anilines is 1. The van der Waals surface area contributed by atoms with Gasteiger partial charge in [0.05, 0.1) is 18.1 Å². The molecular weight excluding hydrogens is 229 g/mol. The number of hydrogen-bond acceptors (Lipinski definition) is 3. The fourth-order valence-electron chi connectivity index (χ4n) is 1.99. The average molecular weight is 245 g/mol. The summed E-state index contributed by atoms with van der Waals surface area (Å²) < 4.78 is 14.0. The van der Waals surface area contributed by atoms with E-state index < -0.39 is 0 Å². The summed E-state index contributed by atoms with van der Waals surface area (Å²) >= 11 is 0. The Bertz CT molecular complexity index is 544. The van der Waals surface area contributed by atoms with Gasteiger partial charge in [0.25, 0.3) is 0 Å². The Kier molecular flexibility index (Phi) is 3.55. The zero-order valence-corrected chi connectivity index (χ0v) is 10.8. The van der Waals surface area contributed by atoms with Gasteiger partial charge >= 0.3 is 0 Å². The molecule has 0 atom stereocenters. The predicted molar refractivity (Wildman–Crippen MR) is 71.1 cm³/mol. The Morgan fingerprint density at radius 1 is 1.22 bits per heavy atom. The van der Waals surface area contributed by atoms with Crippen molar-refractivity contribution in [3.05, 3.63) is 41.5 Å². The second kappa shape index (κ2) is 5.12. The molecule has 0 aliphatic carbocycles. The van der Waals surface area contributed by atoms with Crippen molar-refractivity contribution >= 4 is 5.82 Å². The van der Waals surface area contributed by atoms with E-state index in [0.717, 1.165) is 17.7 Å². The van der Waals surface area contributed by atoms with Crippen molar-refractivity contribution in [2.75, 3.05) is 11.9 Å². The molecule has 2 rings (SSSR count). The quantitative estimate of drug-likeness (QED) is 0.901. The van der Waals surface area contributed by atoms with E-state index in [1.807, 2.05) is 26.8 Å². The molecular formula is C14H16FN3. The van der Waals surface area contributed by atoms with Crippen molar-refractivity contribution in [1.82, 2.24) is 9.97 Å². The Hall–Kier alpha value is -1.97. The molecule has 1 aromatic carbocycles. The molecule has 18 heavy (non-hydrogen) atoms. The van der Waals surface area contributed by atoms with E-state index in [1.54, 1.807) is 12.4 Å². The third kappa shape index (κ3) is 2.47. The second-order valence-corrected chi connectivity index (χ2v) is 4.26. The Labute approximate surface area is 106 Å². The summed E-state index contributed by atoms with van der Waals surface area (Å²) in [5, 5.41) is 3.07. The van der Waals surface area contributed by atoms with Crippen LogP contribution in [0.2, 0.25) is 0 Å². The highest BCUT2D eigenvalue weighted by atomic mass is 19.1. The van der Waals surface area contributed by atoms with Crippen LogP contribution in [0.5, 0.6) is 0 Å². The number of aromatic nitrogens is 2. The first kappa shape index (κ1) is 12.5. The molecule has 0 saturated carbocycles. The third-order valence-corrected chi connectivity index (χ3v) is 2.68. The highest BCUT2D eigenvalue weighted by Gasteiger charge is 2.11. The van der Waals surface area contributed by atoms with Gasteiger partial charge in [0.2, 0.25) is 0 Å². The second-order valence-electron chi connectivity index (χ2n) is 4.26. The maximum absolute atomic E-state index is 14.0. The van der Waals surface area contributed by atoms with Gasteiger partial charge in [-0.1, -0.05) is 6.07 Å². The van der Waals surface area contributed by atoms with Crippen molar-refractivity contribution < 1.29 is 4.39 Å². The van der Waals surface area contributed by atoms with E-state index in [2.05, 4.69) is 15.3 Å². The number of rotatable bonds is 3. The molecule has 3 nitrogen and oxygen atoms in total. The molecule has 1 heterocycles. The van der Waals surface area contributed by atoms with Gasteiger partial charge in [-0.2, -0.15) is 0 Å². The molecule has 0 aliphatic rings. The number of nitrogens with one attached hydrogen (secondary N) is 1. The standard InChI is InChI=1S/C14H16FN3/c1-4-17-13-8-16-7-12(18-13)14-10(3)5-9(2)6-11(14)15/h5-8H,4H2,1-3H3,(H,17,18). The normalized spacial score (nSPS) is 10.4. The SMILES string of the molecule is CCNc1cncc(-c2c(C)cc(C)cc2F)n1. The fourth-order valence-corrected chi connectivity index (χ4v) is 1.99. The van der Waals surface area contributed by atoms with Gasteiger partial charge in [0.15, 0.2) is 0 Å². The minimum Gasteiger partial charge on any atom is -0.369 e. The number of aryl methyl sites for hydroxylation is 2. The zero-order valence-electron chi connectivity index (χ0n) is 10.8. The first-order valence-electron chi connectivity index (χ1n) is 5.95. The van der Waals surface area contributed by atoms with E-state index in [9.17, 15) is 4.39 Å². The lowest BCUT2D eigenvalue weighted by atomic mass is 10.0. The van der Waals surface area contributed by atoms with E-state index in [-0.39, 0.29) is 5.82 Å². The van der Waals surface area contributed by atoms with Gasteiger partial charge in [-0.3, -0.25) is 4.98 Å². The summed E-state index contributed by atoms with van der Waals surface area (Å²) in [4.78, 5) is 8.46. The van der Waals surface area contributed by atoms with E-state index >= 15 is 0 Å². The molecule has 4 heteroatoms. The summed E-state index contributed by atoms with van der Waals surface area (Å²) in [5.74, 6) is 0.407. The number of nitrogens with zero attached hydrogens (tertiary/aromatic N) is 2. The highest BCUT2D eigenvalue weighted by Crippen LogP contribution is 2.26. The van der Waals surface area contributed by atoms with Gasteiger partial charge in [-0.25, -0.2) is 9.37 Å². The van der Waals surface area contributed by atoms with Gasteiger partial charge in [0.1, 0.15) is 11.6 Å². The summed E-state index contributed by atoms with van der Waals surface area (Å²) in [7, 11) is 0. The van der Waals surface area contributed by atoms with Crippen molar-refractivity contribution in [3.63, 3.8) is 0 Å². The summed E-state index contributed by atoms with van der Waals surface area (Å²) in [6.07, 6.45) is 3.22. The number of halogens is 1. The van der Waals surface area contributed by atoms with Crippen molar-refractivity contribution in [3.8, 4) is 11.3 Å². The molecule has 1 N–H and O–H groups in total.